The number of carboxylic acids is 1. The molecule has 1 heterocycles. The Labute approximate surface area is 206 Å². The molecule has 2 aliphatic rings. The first kappa shape index (κ1) is 23.0. The summed E-state index contributed by atoms with van der Waals surface area (Å²) in [7, 11) is 0. The molecular weight excluding hydrogens is 466 g/mol. The fourth-order valence-corrected chi connectivity index (χ4v) is 5.52. The molecule has 2 aromatic carbocycles. The molecule has 0 spiro atoms. The number of benzene rings is 2. The molecule has 5 rings (SSSR count). The number of hydrogen-bond donors (Lipinski definition) is 3. The second-order valence-corrected chi connectivity index (χ2v) is 9.77. The zero-order valence-electron chi connectivity index (χ0n) is 19.0. The largest absolute Gasteiger partial charge is 0.476 e. The SMILES string of the molecule is O=C(NC1(C(=O)NCCc2nc(C(=O)O)cs2)CCC1)OCC1c2ccccc2-c2ccccc21. The molecule has 2 amide bonds. The van der Waals surface area contributed by atoms with E-state index >= 15 is 0 Å². The lowest BCUT2D eigenvalue weighted by molar-refractivity contribution is -0.130. The molecule has 180 valence electrons. The van der Waals surface area contributed by atoms with Crippen LogP contribution < -0.4 is 10.6 Å². The molecule has 0 unspecified atom stereocenters. The minimum absolute atomic E-state index is 0.00344. The van der Waals surface area contributed by atoms with Crippen molar-refractivity contribution in [2.75, 3.05) is 13.2 Å². The molecule has 1 aromatic heterocycles. The van der Waals surface area contributed by atoms with E-state index in [1.54, 1.807) is 0 Å². The van der Waals surface area contributed by atoms with E-state index in [-0.39, 0.29) is 24.1 Å². The smallest absolute Gasteiger partial charge is 0.408 e. The van der Waals surface area contributed by atoms with E-state index in [2.05, 4.69) is 39.9 Å². The normalized spacial score (nSPS) is 15.4. The van der Waals surface area contributed by atoms with Crippen molar-refractivity contribution in [3.05, 3.63) is 75.7 Å². The van der Waals surface area contributed by atoms with Crippen molar-refractivity contribution in [3.63, 3.8) is 0 Å². The number of carboxylic acid groups (broad SMARTS) is 1. The number of aromatic nitrogens is 1. The first-order chi connectivity index (χ1) is 17.0. The summed E-state index contributed by atoms with van der Waals surface area (Å²) in [5.41, 5.74) is 3.60. The van der Waals surface area contributed by atoms with Gasteiger partial charge in [-0.05, 0) is 41.5 Å². The zero-order chi connectivity index (χ0) is 24.4. The van der Waals surface area contributed by atoms with Crippen molar-refractivity contribution in [1.29, 1.82) is 0 Å². The average Bonchev–Trinajstić information content (AvgIpc) is 3.43. The van der Waals surface area contributed by atoms with Gasteiger partial charge in [0.1, 0.15) is 12.1 Å². The van der Waals surface area contributed by atoms with Crippen LogP contribution in [-0.4, -0.2) is 46.8 Å². The predicted molar refractivity (Wildman–Crippen MR) is 131 cm³/mol. The molecular formula is C26H25N3O5S. The van der Waals surface area contributed by atoms with Gasteiger partial charge in [0, 0.05) is 24.3 Å². The molecule has 3 N–H and O–H groups in total. The summed E-state index contributed by atoms with van der Waals surface area (Å²) in [4.78, 5) is 40.6. The van der Waals surface area contributed by atoms with Crippen LogP contribution in [0.3, 0.4) is 0 Å². The molecule has 3 aromatic rings. The maximum atomic E-state index is 12.9. The van der Waals surface area contributed by atoms with Crippen LogP contribution in [0.5, 0.6) is 0 Å². The van der Waals surface area contributed by atoms with Crippen LogP contribution in [0, 0.1) is 0 Å². The van der Waals surface area contributed by atoms with E-state index < -0.39 is 17.6 Å². The number of aromatic carboxylic acids is 1. The molecule has 2 aliphatic carbocycles. The number of carbonyl (C=O) groups excluding carboxylic acids is 2. The van der Waals surface area contributed by atoms with Crippen molar-refractivity contribution >= 4 is 29.3 Å². The Morgan fingerprint density at radius 1 is 1.06 bits per heavy atom. The van der Waals surface area contributed by atoms with E-state index in [4.69, 9.17) is 9.84 Å². The van der Waals surface area contributed by atoms with Crippen molar-refractivity contribution in [3.8, 4) is 11.1 Å². The second-order valence-electron chi connectivity index (χ2n) is 8.82. The third-order valence-corrected chi connectivity index (χ3v) is 7.63. The van der Waals surface area contributed by atoms with Crippen molar-refractivity contribution in [1.82, 2.24) is 15.6 Å². The Hall–Kier alpha value is -3.72. The summed E-state index contributed by atoms with van der Waals surface area (Å²) >= 11 is 1.24. The number of alkyl carbamates (subject to hydrolysis) is 1. The highest BCUT2D eigenvalue weighted by Gasteiger charge is 2.46. The van der Waals surface area contributed by atoms with Gasteiger partial charge in [-0.15, -0.1) is 11.3 Å². The van der Waals surface area contributed by atoms with Gasteiger partial charge in [0.05, 0.1) is 5.01 Å². The van der Waals surface area contributed by atoms with Gasteiger partial charge in [0.2, 0.25) is 5.91 Å². The van der Waals surface area contributed by atoms with Gasteiger partial charge in [-0.2, -0.15) is 0 Å². The number of hydrogen-bond acceptors (Lipinski definition) is 6. The molecule has 0 saturated heterocycles. The Balaban J connectivity index is 1.17. The Morgan fingerprint density at radius 3 is 2.29 bits per heavy atom. The van der Waals surface area contributed by atoms with Gasteiger partial charge in [-0.25, -0.2) is 14.6 Å². The molecule has 0 atom stereocenters. The quantitative estimate of drug-likeness (QED) is 0.439. The third kappa shape index (κ3) is 4.51. The van der Waals surface area contributed by atoms with Gasteiger partial charge in [0.15, 0.2) is 5.69 Å². The fourth-order valence-electron chi connectivity index (χ4n) is 4.75. The van der Waals surface area contributed by atoms with Gasteiger partial charge in [0.25, 0.3) is 0 Å². The zero-order valence-corrected chi connectivity index (χ0v) is 19.8. The molecule has 0 radical (unpaired) electrons. The number of fused-ring (bicyclic) bond motifs is 3. The summed E-state index contributed by atoms with van der Waals surface area (Å²) in [5, 5.41) is 16.7. The lowest BCUT2D eigenvalue weighted by atomic mass is 9.76. The summed E-state index contributed by atoms with van der Waals surface area (Å²) < 4.78 is 5.63. The Bertz CT molecular complexity index is 1240. The maximum Gasteiger partial charge on any atom is 0.408 e. The van der Waals surface area contributed by atoms with E-state index in [1.807, 2.05) is 24.3 Å². The van der Waals surface area contributed by atoms with Crippen LogP contribution in [0.4, 0.5) is 4.79 Å². The summed E-state index contributed by atoms with van der Waals surface area (Å²) in [6.45, 7) is 0.493. The van der Waals surface area contributed by atoms with Gasteiger partial charge in [-0.1, -0.05) is 48.5 Å². The standard InChI is InChI=1S/C26H25N3O5S/c30-23(31)21-15-35-22(28-21)10-13-27-24(32)26(11-5-12-26)29-25(33)34-14-20-18-8-3-1-6-16(18)17-7-2-4-9-19(17)20/h1-4,6-9,15,20H,5,10-14H2,(H,27,32)(H,29,33)(H,30,31). The number of rotatable bonds is 8. The molecule has 0 aliphatic heterocycles. The Morgan fingerprint density at radius 2 is 1.71 bits per heavy atom. The fraction of sp³-hybridized carbons (Fsp3) is 0.308. The van der Waals surface area contributed by atoms with E-state index in [0.29, 0.717) is 30.8 Å². The average molecular weight is 492 g/mol. The van der Waals surface area contributed by atoms with Crippen molar-refractivity contribution in [2.24, 2.45) is 0 Å². The number of nitrogens with one attached hydrogen (secondary N) is 2. The number of thiazole rings is 1. The maximum absolute atomic E-state index is 12.9. The highest BCUT2D eigenvalue weighted by Crippen LogP contribution is 2.44. The van der Waals surface area contributed by atoms with Crippen LogP contribution in [0.15, 0.2) is 53.9 Å². The number of nitrogens with zero attached hydrogens (tertiary/aromatic N) is 1. The highest BCUT2D eigenvalue weighted by molar-refractivity contribution is 7.09. The van der Waals surface area contributed by atoms with Crippen LogP contribution in [0.2, 0.25) is 0 Å². The lowest BCUT2D eigenvalue weighted by Crippen LogP contribution is -2.63. The van der Waals surface area contributed by atoms with Crippen LogP contribution in [0.25, 0.3) is 11.1 Å². The molecule has 35 heavy (non-hydrogen) atoms. The molecule has 0 bridgehead atoms. The molecule has 8 nitrogen and oxygen atoms in total. The van der Waals surface area contributed by atoms with Crippen LogP contribution in [0.1, 0.15) is 51.8 Å². The van der Waals surface area contributed by atoms with Crippen LogP contribution >= 0.6 is 11.3 Å². The van der Waals surface area contributed by atoms with Gasteiger partial charge in [-0.3, -0.25) is 4.79 Å². The second kappa shape index (κ2) is 9.50. The number of amides is 2. The third-order valence-electron chi connectivity index (χ3n) is 6.72. The summed E-state index contributed by atoms with van der Waals surface area (Å²) in [6.07, 6.45) is 1.75. The molecule has 1 saturated carbocycles. The van der Waals surface area contributed by atoms with Gasteiger partial charge >= 0.3 is 12.1 Å². The minimum Gasteiger partial charge on any atom is -0.476 e. The first-order valence-electron chi connectivity index (χ1n) is 11.6. The molecule has 9 heteroatoms. The van der Waals surface area contributed by atoms with E-state index in [0.717, 1.165) is 28.7 Å². The van der Waals surface area contributed by atoms with Crippen molar-refractivity contribution < 1.29 is 24.2 Å². The van der Waals surface area contributed by atoms with Crippen molar-refractivity contribution in [2.45, 2.75) is 37.1 Å². The molecule has 1 fully saturated rings. The van der Waals surface area contributed by atoms with Gasteiger partial charge < -0.3 is 20.5 Å². The minimum atomic E-state index is -1.07. The lowest BCUT2D eigenvalue weighted by Gasteiger charge is -2.40. The summed E-state index contributed by atoms with van der Waals surface area (Å²) in [5.74, 6) is -1.38. The monoisotopic (exact) mass is 491 g/mol. The number of carbonyl (C=O) groups is 3. The first-order valence-corrected chi connectivity index (χ1v) is 12.4. The highest BCUT2D eigenvalue weighted by atomic mass is 32.1. The predicted octanol–water partition coefficient (Wildman–Crippen LogP) is 3.96. The van der Waals surface area contributed by atoms with E-state index in [1.165, 1.54) is 16.7 Å². The van der Waals surface area contributed by atoms with E-state index in [9.17, 15) is 14.4 Å². The summed E-state index contributed by atoms with van der Waals surface area (Å²) in [6, 6.07) is 16.3. The number of ether oxygens (including phenoxy) is 1. The topological polar surface area (TPSA) is 118 Å². The van der Waals surface area contributed by atoms with Crippen LogP contribution in [-0.2, 0) is 16.0 Å². The Kier molecular flexibility index (Phi) is 6.25.